The highest BCUT2D eigenvalue weighted by molar-refractivity contribution is 7.92. The summed E-state index contributed by atoms with van der Waals surface area (Å²) in [5, 5.41) is 3.29. The lowest BCUT2D eigenvalue weighted by molar-refractivity contribution is 0.171. The Hall–Kier alpha value is -3.19. The molecule has 0 amide bonds. The first-order chi connectivity index (χ1) is 13.5. The summed E-state index contributed by atoms with van der Waals surface area (Å²) in [6.07, 6.45) is 0. The van der Waals surface area contributed by atoms with Gasteiger partial charge in [-0.1, -0.05) is 12.1 Å². The Kier molecular flexibility index (Phi) is 4.83. The van der Waals surface area contributed by atoms with E-state index in [-0.39, 0.29) is 4.90 Å². The largest absolute Gasteiger partial charge is 0.486 e. The summed E-state index contributed by atoms with van der Waals surface area (Å²) in [7, 11) is -3.73. The van der Waals surface area contributed by atoms with Crippen molar-refractivity contribution in [3.05, 3.63) is 72.3 Å². The fourth-order valence-corrected chi connectivity index (χ4v) is 3.99. The summed E-state index contributed by atoms with van der Waals surface area (Å²) in [5.74, 6) is 0.989. The number of benzene rings is 3. The molecule has 0 bridgehead atoms. The summed E-state index contributed by atoms with van der Waals surface area (Å²) >= 11 is 0. The Bertz CT molecular complexity index is 1100. The first-order valence-corrected chi connectivity index (χ1v) is 10.3. The maximum absolute atomic E-state index is 12.7. The number of fused-ring (bicyclic) bond motifs is 1. The van der Waals surface area contributed by atoms with Crippen molar-refractivity contribution in [1.29, 1.82) is 0 Å². The Labute approximate surface area is 164 Å². The summed E-state index contributed by atoms with van der Waals surface area (Å²) in [4.78, 5) is 0.124. The number of hydrogen-bond acceptors (Lipinski definition) is 5. The third-order valence-electron chi connectivity index (χ3n) is 4.27. The van der Waals surface area contributed by atoms with Gasteiger partial charge in [-0.05, 0) is 61.0 Å². The van der Waals surface area contributed by atoms with Crippen molar-refractivity contribution in [2.75, 3.05) is 23.3 Å². The van der Waals surface area contributed by atoms with Crippen molar-refractivity contribution in [3.63, 3.8) is 0 Å². The van der Waals surface area contributed by atoms with Crippen molar-refractivity contribution < 1.29 is 17.9 Å². The van der Waals surface area contributed by atoms with Crippen LogP contribution in [0.2, 0.25) is 0 Å². The van der Waals surface area contributed by atoms with E-state index in [9.17, 15) is 8.42 Å². The molecule has 3 aromatic rings. The normalized spacial score (nSPS) is 13.0. The Morgan fingerprint density at radius 2 is 1.50 bits per heavy atom. The second-order valence-corrected chi connectivity index (χ2v) is 8.17. The minimum absolute atomic E-state index is 0.124. The van der Waals surface area contributed by atoms with Gasteiger partial charge < -0.3 is 14.8 Å². The third-order valence-corrected chi connectivity index (χ3v) is 5.65. The average Bonchev–Trinajstić information content (AvgIpc) is 2.69. The summed E-state index contributed by atoms with van der Waals surface area (Å²) in [6.45, 7) is 2.89. The average molecular weight is 396 g/mol. The van der Waals surface area contributed by atoms with Crippen LogP contribution in [0, 0.1) is 6.92 Å². The van der Waals surface area contributed by atoms with Gasteiger partial charge in [0.05, 0.1) is 4.90 Å². The molecule has 6 nitrogen and oxygen atoms in total. The number of rotatable bonds is 5. The SMILES string of the molecule is Cc1cccc(Nc2ccc(NS(=O)(=O)c3ccc4c(c3)OCCO4)cc2)c1. The molecule has 3 aromatic carbocycles. The Balaban J connectivity index is 1.49. The molecule has 0 saturated heterocycles. The molecule has 0 aliphatic carbocycles. The van der Waals surface area contributed by atoms with Crippen LogP contribution in [0.25, 0.3) is 0 Å². The van der Waals surface area contributed by atoms with Gasteiger partial charge in [0.25, 0.3) is 10.0 Å². The maximum atomic E-state index is 12.7. The second-order valence-electron chi connectivity index (χ2n) is 6.48. The zero-order valence-electron chi connectivity index (χ0n) is 15.3. The molecular formula is C21H20N2O4S. The molecule has 144 valence electrons. The van der Waals surface area contributed by atoms with E-state index in [1.807, 2.05) is 43.3 Å². The Morgan fingerprint density at radius 1 is 0.786 bits per heavy atom. The predicted molar refractivity (Wildman–Crippen MR) is 109 cm³/mol. The molecule has 2 N–H and O–H groups in total. The number of aryl methyl sites for hydroxylation is 1. The van der Waals surface area contributed by atoms with Crippen molar-refractivity contribution in [2.45, 2.75) is 11.8 Å². The fraction of sp³-hybridized carbons (Fsp3) is 0.143. The van der Waals surface area contributed by atoms with Gasteiger partial charge in [-0.3, -0.25) is 4.72 Å². The lowest BCUT2D eigenvalue weighted by atomic mass is 10.2. The molecule has 1 aliphatic heterocycles. The highest BCUT2D eigenvalue weighted by atomic mass is 32.2. The van der Waals surface area contributed by atoms with E-state index in [1.54, 1.807) is 18.2 Å². The van der Waals surface area contributed by atoms with Crippen LogP contribution in [0.4, 0.5) is 17.1 Å². The van der Waals surface area contributed by atoms with E-state index >= 15 is 0 Å². The monoisotopic (exact) mass is 396 g/mol. The third kappa shape index (κ3) is 4.04. The van der Waals surface area contributed by atoms with Crippen LogP contribution >= 0.6 is 0 Å². The van der Waals surface area contributed by atoms with E-state index in [1.165, 1.54) is 12.1 Å². The minimum Gasteiger partial charge on any atom is -0.486 e. The number of ether oxygens (including phenoxy) is 2. The van der Waals surface area contributed by atoms with E-state index in [0.29, 0.717) is 30.4 Å². The van der Waals surface area contributed by atoms with Crippen LogP contribution in [0.1, 0.15) is 5.56 Å². The van der Waals surface area contributed by atoms with Crippen molar-refractivity contribution in [2.24, 2.45) is 0 Å². The van der Waals surface area contributed by atoms with Crippen LogP contribution < -0.4 is 19.5 Å². The zero-order chi connectivity index (χ0) is 19.6. The van der Waals surface area contributed by atoms with Gasteiger partial charge in [-0.15, -0.1) is 0 Å². The van der Waals surface area contributed by atoms with Crippen molar-refractivity contribution >= 4 is 27.1 Å². The van der Waals surface area contributed by atoms with E-state index in [2.05, 4.69) is 10.0 Å². The number of hydrogen-bond donors (Lipinski definition) is 2. The van der Waals surface area contributed by atoms with E-state index in [4.69, 9.17) is 9.47 Å². The van der Waals surface area contributed by atoms with Crippen molar-refractivity contribution in [1.82, 2.24) is 0 Å². The molecule has 0 unspecified atom stereocenters. The molecule has 1 aliphatic rings. The quantitative estimate of drug-likeness (QED) is 0.672. The van der Waals surface area contributed by atoms with Gasteiger partial charge in [-0.25, -0.2) is 8.42 Å². The van der Waals surface area contributed by atoms with Crippen LogP contribution in [-0.2, 0) is 10.0 Å². The number of nitrogens with one attached hydrogen (secondary N) is 2. The minimum atomic E-state index is -3.73. The van der Waals surface area contributed by atoms with Gasteiger partial charge in [0, 0.05) is 23.1 Å². The molecule has 0 aromatic heterocycles. The molecule has 0 fully saturated rings. The molecule has 28 heavy (non-hydrogen) atoms. The summed E-state index contributed by atoms with van der Waals surface area (Å²) in [6, 6.07) is 19.7. The van der Waals surface area contributed by atoms with Crippen LogP contribution in [0.15, 0.2) is 71.6 Å². The van der Waals surface area contributed by atoms with E-state index < -0.39 is 10.0 Å². The van der Waals surface area contributed by atoms with Crippen LogP contribution in [0.5, 0.6) is 11.5 Å². The van der Waals surface area contributed by atoms with Gasteiger partial charge in [-0.2, -0.15) is 0 Å². The smallest absolute Gasteiger partial charge is 0.262 e. The van der Waals surface area contributed by atoms with Gasteiger partial charge in [0.1, 0.15) is 13.2 Å². The molecule has 0 atom stereocenters. The van der Waals surface area contributed by atoms with Crippen LogP contribution in [0.3, 0.4) is 0 Å². The Morgan fingerprint density at radius 3 is 2.25 bits per heavy atom. The van der Waals surface area contributed by atoms with Gasteiger partial charge >= 0.3 is 0 Å². The standard InChI is InChI=1S/C21H20N2O4S/c1-15-3-2-4-18(13-15)22-16-5-7-17(8-6-16)23-28(24,25)19-9-10-20-21(14-19)27-12-11-26-20/h2-10,13-14,22-23H,11-12H2,1H3. The first kappa shape index (κ1) is 18.2. The first-order valence-electron chi connectivity index (χ1n) is 8.86. The highest BCUT2D eigenvalue weighted by Gasteiger charge is 2.19. The van der Waals surface area contributed by atoms with E-state index in [0.717, 1.165) is 16.9 Å². The number of sulfonamides is 1. The van der Waals surface area contributed by atoms with Gasteiger partial charge in [0.15, 0.2) is 11.5 Å². The number of anilines is 3. The molecular weight excluding hydrogens is 376 g/mol. The summed E-state index contributed by atoms with van der Waals surface area (Å²) < 4.78 is 38.8. The predicted octanol–water partition coefficient (Wildman–Crippen LogP) is 4.31. The molecule has 0 saturated carbocycles. The van der Waals surface area contributed by atoms with Gasteiger partial charge in [0.2, 0.25) is 0 Å². The highest BCUT2D eigenvalue weighted by Crippen LogP contribution is 2.32. The molecule has 1 heterocycles. The lowest BCUT2D eigenvalue weighted by Crippen LogP contribution is -2.17. The molecule has 7 heteroatoms. The zero-order valence-corrected chi connectivity index (χ0v) is 16.1. The lowest BCUT2D eigenvalue weighted by Gasteiger charge is -2.19. The van der Waals surface area contributed by atoms with Crippen molar-refractivity contribution in [3.8, 4) is 11.5 Å². The summed E-state index contributed by atoms with van der Waals surface area (Å²) in [5.41, 5.74) is 3.48. The molecule has 4 rings (SSSR count). The maximum Gasteiger partial charge on any atom is 0.262 e. The second kappa shape index (κ2) is 7.44. The molecule has 0 spiro atoms. The van der Waals surface area contributed by atoms with Crippen LogP contribution in [-0.4, -0.2) is 21.6 Å². The topological polar surface area (TPSA) is 76.7 Å². The molecule has 0 radical (unpaired) electrons. The fourth-order valence-electron chi connectivity index (χ4n) is 2.92.